The third kappa shape index (κ3) is 35.9. The SMILES string of the molecule is CCC=CCC=CCC=CCC=CCCCCCCC(=O)OC[C@H](CO)OC(=O)CCCCCCC=CCC=CCC=CCCCCC. The highest BCUT2D eigenvalue weighted by molar-refractivity contribution is 5.70. The molecule has 48 heavy (non-hydrogen) atoms. The van der Waals surface area contributed by atoms with Gasteiger partial charge in [0.15, 0.2) is 6.10 Å². The van der Waals surface area contributed by atoms with Crippen molar-refractivity contribution in [2.45, 2.75) is 161 Å². The third-order valence-corrected chi connectivity index (χ3v) is 7.67. The smallest absolute Gasteiger partial charge is 0.306 e. The quantitative estimate of drug-likeness (QED) is 0.0429. The lowest BCUT2D eigenvalue weighted by Crippen LogP contribution is -2.28. The zero-order valence-corrected chi connectivity index (χ0v) is 30.7. The second-order valence-corrected chi connectivity index (χ2v) is 12.3. The molecule has 1 atom stereocenters. The Hall–Kier alpha value is -2.92. The standard InChI is InChI=1S/C43H70O5/c1-3-5-7-9-11-13-15-17-19-21-23-25-27-29-31-33-35-37-42(45)47-40-41(39-44)48-43(46)38-36-34-32-30-28-26-24-22-20-18-16-14-12-10-8-6-4-2/h5,7,11-14,17-20,23-26,41,44H,3-4,6,8-10,15-16,21-22,27-40H2,1-2H3/t41-/m0/s1. The zero-order chi connectivity index (χ0) is 35.0. The second-order valence-electron chi connectivity index (χ2n) is 12.3. The van der Waals surface area contributed by atoms with Crippen LogP contribution >= 0.6 is 0 Å². The van der Waals surface area contributed by atoms with Gasteiger partial charge < -0.3 is 14.6 Å². The molecule has 0 saturated heterocycles. The first kappa shape index (κ1) is 45.1. The maximum absolute atomic E-state index is 12.2. The number of aliphatic hydroxyl groups is 1. The minimum absolute atomic E-state index is 0.0931. The fraction of sp³-hybridized carbons (Fsp3) is 0.628. The monoisotopic (exact) mass is 667 g/mol. The molecule has 0 fully saturated rings. The lowest BCUT2D eigenvalue weighted by molar-refractivity contribution is -0.161. The predicted octanol–water partition coefficient (Wildman–Crippen LogP) is 11.9. The van der Waals surface area contributed by atoms with Gasteiger partial charge in [0.05, 0.1) is 6.61 Å². The van der Waals surface area contributed by atoms with Crippen molar-refractivity contribution >= 4 is 11.9 Å². The van der Waals surface area contributed by atoms with Gasteiger partial charge in [0.2, 0.25) is 0 Å². The van der Waals surface area contributed by atoms with Crippen molar-refractivity contribution in [3.63, 3.8) is 0 Å². The minimum atomic E-state index is -0.798. The molecule has 5 heteroatoms. The van der Waals surface area contributed by atoms with Crippen molar-refractivity contribution in [1.29, 1.82) is 0 Å². The van der Waals surface area contributed by atoms with Crippen LogP contribution in [0.15, 0.2) is 85.1 Å². The van der Waals surface area contributed by atoms with E-state index in [0.29, 0.717) is 12.8 Å². The summed E-state index contributed by atoms with van der Waals surface area (Å²) in [5.41, 5.74) is 0. The van der Waals surface area contributed by atoms with Gasteiger partial charge in [-0.25, -0.2) is 0 Å². The van der Waals surface area contributed by atoms with E-state index in [1.807, 2.05) is 0 Å². The summed E-state index contributed by atoms with van der Waals surface area (Å²) in [6, 6.07) is 0. The largest absolute Gasteiger partial charge is 0.462 e. The Morgan fingerprint density at radius 3 is 1.33 bits per heavy atom. The van der Waals surface area contributed by atoms with E-state index in [0.717, 1.165) is 103 Å². The van der Waals surface area contributed by atoms with Crippen LogP contribution in [0.25, 0.3) is 0 Å². The molecule has 0 radical (unpaired) electrons. The number of carbonyl (C=O) groups is 2. The van der Waals surface area contributed by atoms with E-state index >= 15 is 0 Å². The molecular weight excluding hydrogens is 596 g/mol. The van der Waals surface area contributed by atoms with Crippen LogP contribution in [-0.4, -0.2) is 36.4 Å². The van der Waals surface area contributed by atoms with Gasteiger partial charge in [0.1, 0.15) is 6.61 Å². The van der Waals surface area contributed by atoms with Crippen molar-refractivity contribution in [2.75, 3.05) is 13.2 Å². The van der Waals surface area contributed by atoms with Crippen LogP contribution in [-0.2, 0) is 19.1 Å². The summed E-state index contributed by atoms with van der Waals surface area (Å²) in [5.74, 6) is -0.653. The van der Waals surface area contributed by atoms with Gasteiger partial charge in [0.25, 0.3) is 0 Å². The molecule has 5 nitrogen and oxygen atoms in total. The second kappa shape index (κ2) is 38.5. The Morgan fingerprint density at radius 1 is 0.500 bits per heavy atom. The van der Waals surface area contributed by atoms with Gasteiger partial charge in [-0.2, -0.15) is 0 Å². The minimum Gasteiger partial charge on any atom is -0.462 e. The third-order valence-electron chi connectivity index (χ3n) is 7.67. The zero-order valence-electron chi connectivity index (χ0n) is 30.7. The van der Waals surface area contributed by atoms with E-state index in [-0.39, 0.29) is 25.2 Å². The lowest BCUT2D eigenvalue weighted by Gasteiger charge is -2.15. The van der Waals surface area contributed by atoms with E-state index in [4.69, 9.17) is 9.47 Å². The van der Waals surface area contributed by atoms with E-state index < -0.39 is 6.10 Å². The molecule has 272 valence electrons. The van der Waals surface area contributed by atoms with Gasteiger partial charge in [-0.15, -0.1) is 0 Å². The van der Waals surface area contributed by atoms with Crippen LogP contribution in [0.1, 0.15) is 155 Å². The Bertz CT molecular complexity index is 937. The Kier molecular flexibility index (Phi) is 36.2. The first-order chi connectivity index (χ1) is 23.6. The molecule has 1 N–H and O–H groups in total. The molecule has 0 amide bonds. The maximum Gasteiger partial charge on any atom is 0.306 e. The molecule has 0 heterocycles. The number of hydrogen-bond donors (Lipinski definition) is 1. The van der Waals surface area contributed by atoms with Crippen molar-refractivity contribution in [1.82, 2.24) is 0 Å². The number of carbonyl (C=O) groups excluding carboxylic acids is 2. The number of rotatable bonds is 33. The van der Waals surface area contributed by atoms with Gasteiger partial charge in [-0.05, 0) is 89.9 Å². The molecule has 0 rings (SSSR count). The van der Waals surface area contributed by atoms with E-state index in [1.54, 1.807) is 0 Å². The van der Waals surface area contributed by atoms with Gasteiger partial charge in [0, 0.05) is 12.8 Å². The Labute approximate surface area is 295 Å². The number of ether oxygens (including phenoxy) is 2. The van der Waals surface area contributed by atoms with E-state index in [2.05, 4.69) is 98.9 Å². The number of unbranched alkanes of at least 4 members (excludes halogenated alkanes) is 11. The average molecular weight is 667 g/mol. The molecule has 0 aromatic heterocycles. The van der Waals surface area contributed by atoms with Crippen LogP contribution in [0.4, 0.5) is 0 Å². The molecule has 0 aliphatic heterocycles. The molecular formula is C43H70O5. The first-order valence-electron chi connectivity index (χ1n) is 19.1. The Morgan fingerprint density at radius 2 is 0.896 bits per heavy atom. The summed E-state index contributed by atoms with van der Waals surface area (Å²) >= 11 is 0. The molecule has 0 saturated carbocycles. The highest BCUT2D eigenvalue weighted by atomic mass is 16.6. The number of esters is 2. The number of allylic oxidation sites excluding steroid dienone is 14. The maximum atomic E-state index is 12.2. The summed E-state index contributed by atoms with van der Waals surface area (Å²) in [6.07, 6.45) is 52.0. The summed E-state index contributed by atoms with van der Waals surface area (Å²) in [4.78, 5) is 24.2. The fourth-order valence-corrected chi connectivity index (χ4v) is 4.78. The summed E-state index contributed by atoms with van der Waals surface area (Å²) < 4.78 is 10.6. The van der Waals surface area contributed by atoms with Crippen molar-refractivity contribution in [2.24, 2.45) is 0 Å². The topological polar surface area (TPSA) is 72.8 Å². The normalized spacial score (nSPS) is 13.1. The van der Waals surface area contributed by atoms with Crippen molar-refractivity contribution in [3.8, 4) is 0 Å². The highest BCUT2D eigenvalue weighted by Crippen LogP contribution is 2.10. The van der Waals surface area contributed by atoms with Crippen LogP contribution in [0, 0.1) is 0 Å². The summed E-state index contributed by atoms with van der Waals surface area (Å²) in [6.45, 7) is 3.93. The first-order valence-corrected chi connectivity index (χ1v) is 19.1. The average Bonchev–Trinajstić information content (AvgIpc) is 3.09. The lowest BCUT2D eigenvalue weighted by atomic mass is 10.1. The molecule has 0 bridgehead atoms. The van der Waals surface area contributed by atoms with Gasteiger partial charge in [-0.3, -0.25) is 9.59 Å². The highest BCUT2D eigenvalue weighted by Gasteiger charge is 2.16. The summed E-state index contributed by atoms with van der Waals surface area (Å²) in [7, 11) is 0. The predicted molar refractivity (Wildman–Crippen MR) is 205 cm³/mol. The number of aliphatic hydroxyl groups excluding tert-OH is 1. The molecule has 0 aliphatic carbocycles. The van der Waals surface area contributed by atoms with Crippen LogP contribution in [0.2, 0.25) is 0 Å². The fourth-order valence-electron chi connectivity index (χ4n) is 4.78. The molecule has 0 unspecified atom stereocenters. The molecule has 0 spiro atoms. The molecule has 0 aromatic carbocycles. The van der Waals surface area contributed by atoms with E-state index in [9.17, 15) is 14.7 Å². The molecule has 0 aromatic rings. The van der Waals surface area contributed by atoms with Gasteiger partial charge in [-0.1, -0.05) is 137 Å². The van der Waals surface area contributed by atoms with Crippen LogP contribution in [0.5, 0.6) is 0 Å². The summed E-state index contributed by atoms with van der Waals surface area (Å²) in [5, 5.41) is 9.54. The Balaban J connectivity index is 3.69. The van der Waals surface area contributed by atoms with Crippen LogP contribution < -0.4 is 0 Å². The number of hydrogen-bond acceptors (Lipinski definition) is 5. The molecule has 0 aliphatic rings. The van der Waals surface area contributed by atoms with Crippen LogP contribution in [0.3, 0.4) is 0 Å². The van der Waals surface area contributed by atoms with E-state index in [1.165, 1.54) is 25.7 Å². The van der Waals surface area contributed by atoms with Gasteiger partial charge >= 0.3 is 11.9 Å². The van der Waals surface area contributed by atoms with Crippen molar-refractivity contribution in [3.05, 3.63) is 85.1 Å². The van der Waals surface area contributed by atoms with Crippen molar-refractivity contribution < 1.29 is 24.2 Å².